The molecule has 0 fully saturated rings. The fourth-order valence-electron chi connectivity index (χ4n) is 1.58. The van der Waals surface area contributed by atoms with Crippen molar-refractivity contribution in [3.05, 3.63) is 0 Å². The first-order valence-corrected chi connectivity index (χ1v) is 6.32. The zero-order valence-electron chi connectivity index (χ0n) is 13.1. The van der Waals surface area contributed by atoms with Gasteiger partial charge in [-0.3, -0.25) is 0 Å². The maximum absolute atomic E-state index is 13.2. The molecule has 0 aliphatic rings. The van der Waals surface area contributed by atoms with E-state index in [9.17, 15) is 67.0 Å². The zero-order valence-corrected chi connectivity index (χ0v) is 13.1. The molecule has 2 nitrogen and oxygen atoms in total. The molecule has 0 aromatic heterocycles. The summed E-state index contributed by atoms with van der Waals surface area (Å²) in [5.41, 5.74) is 0. The Morgan fingerprint density at radius 2 is 1.00 bits per heavy atom. The fourth-order valence-corrected chi connectivity index (χ4v) is 1.58. The van der Waals surface area contributed by atoms with Gasteiger partial charge in [0, 0.05) is 12.4 Å². The average Bonchev–Trinajstić information content (AvgIpc) is 2.41. The summed E-state index contributed by atoms with van der Waals surface area (Å²) < 4.78 is 165. The molecule has 0 saturated heterocycles. The summed E-state index contributed by atoms with van der Waals surface area (Å²) >= 11 is 0. The first-order chi connectivity index (χ1) is 11.2. The molecule has 0 heterocycles. The molecule has 0 aromatic rings. The number of carbonyl (C=O) groups is 1. The molecule has 0 N–H and O–H groups in total. The van der Waals surface area contributed by atoms with E-state index >= 15 is 0 Å². The van der Waals surface area contributed by atoms with Crippen molar-refractivity contribution in [2.24, 2.45) is 0 Å². The van der Waals surface area contributed by atoms with E-state index in [0.717, 1.165) is 0 Å². The molecule has 0 aromatic carbocycles. The van der Waals surface area contributed by atoms with Gasteiger partial charge in [0.1, 0.15) is 0 Å². The van der Waals surface area contributed by atoms with Gasteiger partial charge in [0.2, 0.25) is 0 Å². The van der Waals surface area contributed by atoms with Crippen LogP contribution in [-0.4, -0.2) is 41.8 Å². The van der Waals surface area contributed by atoms with Gasteiger partial charge in [-0.2, -0.15) is 57.1 Å². The number of unbranched alkanes of at least 4 members (excludes halogenated alkanes) is 1. The van der Waals surface area contributed by atoms with Crippen LogP contribution in [0.15, 0.2) is 0 Å². The van der Waals surface area contributed by atoms with Gasteiger partial charge < -0.3 is 9.90 Å². The van der Waals surface area contributed by atoms with Gasteiger partial charge in [0.15, 0.2) is 0 Å². The summed E-state index contributed by atoms with van der Waals surface area (Å²) in [5.74, 6) is -38.8. The van der Waals surface area contributed by atoms with Gasteiger partial charge in [0.05, 0.1) is 0 Å². The van der Waals surface area contributed by atoms with Crippen LogP contribution in [0.4, 0.5) is 57.1 Å². The van der Waals surface area contributed by atoms with Crippen LogP contribution in [0, 0.1) is 0 Å². The van der Waals surface area contributed by atoms with Crippen molar-refractivity contribution >= 4 is 5.97 Å². The monoisotopic (exact) mass is 426 g/mol. The molecular weight excluding hydrogens is 418 g/mol. The van der Waals surface area contributed by atoms with Crippen molar-refractivity contribution in [3.8, 4) is 0 Å². The smallest absolute Gasteiger partial charge is 0.550 e. The number of aliphatic carboxylic acids is 1. The average molecular weight is 426 g/mol. The largest absolute Gasteiger partial charge is 1.00 e. The predicted octanol–water partition coefficient (Wildman–Crippen LogP) is 1.04. The van der Waals surface area contributed by atoms with Crippen LogP contribution in [-0.2, 0) is 4.79 Å². The minimum absolute atomic E-state index is 0. The first-order valence-electron chi connectivity index (χ1n) is 6.32. The van der Waals surface area contributed by atoms with Crippen LogP contribution >= 0.6 is 0 Å². The first kappa shape index (κ1) is 28.4. The number of alkyl halides is 13. The van der Waals surface area contributed by atoms with E-state index in [4.69, 9.17) is 0 Å². The van der Waals surface area contributed by atoms with Gasteiger partial charge in [-0.1, -0.05) is 0 Å². The summed E-state index contributed by atoms with van der Waals surface area (Å²) in [5, 5.41) is 9.96. The Morgan fingerprint density at radius 3 is 1.33 bits per heavy atom. The minimum Gasteiger partial charge on any atom is -0.550 e. The number of hydrogen-bond donors (Lipinski definition) is 0. The quantitative estimate of drug-likeness (QED) is 0.314. The third kappa shape index (κ3) is 4.96. The Bertz CT molecular complexity index is 515. The van der Waals surface area contributed by atoms with Crippen molar-refractivity contribution in [2.45, 2.75) is 61.5 Å². The summed E-state index contributed by atoms with van der Waals surface area (Å²) in [6.07, 6.45) is -13.0. The Hall–Kier alpha value is -0.843. The van der Waals surface area contributed by atoms with Gasteiger partial charge in [-0.05, 0) is 19.3 Å². The van der Waals surface area contributed by atoms with E-state index in [2.05, 4.69) is 0 Å². The Kier molecular flexibility index (Phi) is 8.68. The van der Waals surface area contributed by atoms with Crippen LogP contribution in [0.3, 0.4) is 0 Å². The number of carboxylic acid groups (broad SMARTS) is 1. The van der Waals surface area contributed by atoms with E-state index in [1.54, 1.807) is 0 Å². The van der Waals surface area contributed by atoms with E-state index in [1.807, 2.05) is 0 Å². The predicted molar refractivity (Wildman–Crippen MR) is 54.3 cm³/mol. The third-order valence-corrected chi connectivity index (χ3v) is 3.12. The topological polar surface area (TPSA) is 40.1 Å². The molecule has 0 unspecified atom stereocenters. The van der Waals surface area contributed by atoms with Crippen molar-refractivity contribution in [1.29, 1.82) is 0 Å². The Morgan fingerprint density at radius 1 is 0.630 bits per heavy atom. The van der Waals surface area contributed by atoms with Crippen LogP contribution in [0.25, 0.3) is 0 Å². The van der Waals surface area contributed by atoms with Crippen molar-refractivity contribution in [2.75, 3.05) is 0 Å². The number of halogens is 13. The van der Waals surface area contributed by atoms with Crippen molar-refractivity contribution in [1.82, 2.24) is 0 Å². The normalized spacial score (nSPS) is 14.7. The van der Waals surface area contributed by atoms with Crippen LogP contribution in [0.1, 0.15) is 25.7 Å². The molecule has 27 heavy (non-hydrogen) atoms. The molecule has 0 atom stereocenters. The molecule has 0 saturated carbocycles. The van der Waals surface area contributed by atoms with Crippen LogP contribution in [0.2, 0.25) is 0 Å². The van der Waals surface area contributed by atoms with E-state index < -0.39 is 67.4 Å². The minimum atomic E-state index is -7.92. The molecule has 16 heteroatoms. The molecule has 0 bridgehead atoms. The van der Waals surface area contributed by atoms with Gasteiger partial charge in [-0.15, -0.1) is 0 Å². The molecule has 0 amide bonds. The van der Waals surface area contributed by atoms with E-state index in [-0.39, 0.29) is 18.9 Å². The molecule has 0 rings (SSSR count). The second kappa shape index (κ2) is 8.26. The zero-order chi connectivity index (χ0) is 21.4. The fraction of sp³-hybridized carbons (Fsp3) is 0.909. The summed E-state index contributed by atoms with van der Waals surface area (Å²) in [7, 11) is 0. The molecular formula is C11H8F13LiO2. The summed E-state index contributed by atoms with van der Waals surface area (Å²) in [4.78, 5) is 9.96. The van der Waals surface area contributed by atoms with Crippen molar-refractivity contribution in [3.63, 3.8) is 0 Å². The summed E-state index contributed by atoms with van der Waals surface area (Å²) in [6.45, 7) is 0. The van der Waals surface area contributed by atoms with Gasteiger partial charge in [-0.25, -0.2) is 0 Å². The SMILES string of the molecule is O=C([O-])CCCCC(F)(F)C(F)(F)C(F)(F)C(F)(F)C(F)(F)C(F)(F)F.[Li+]. The van der Waals surface area contributed by atoms with Crippen LogP contribution < -0.4 is 24.0 Å². The van der Waals surface area contributed by atoms with E-state index in [0.29, 0.717) is 0 Å². The molecule has 0 aliphatic carbocycles. The van der Waals surface area contributed by atoms with Crippen molar-refractivity contribution < 1.29 is 85.8 Å². The van der Waals surface area contributed by atoms with E-state index in [1.165, 1.54) is 0 Å². The number of carboxylic acids is 1. The Labute approximate surface area is 154 Å². The standard InChI is InChI=1S/C11H9F13O2.Li/c12-6(13,4-2-1-3-5(25)26)7(14,15)8(16,17)9(18,19)10(20,21)11(22,23)24;/h1-4H2,(H,25,26);/q;+1/p-1. The molecule has 156 valence electrons. The molecule has 0 spiro atoms. The maximum atomic E-state index is 13.2. The number of hydrogen-bond acceptors (Lipinski definition) is 2. The summed E-state index contributed by atoms with van der Waals surface area (Å²) in [6, 6.07) is 0. The maximum Gasteiger partial charge on any atom is 1.00 e. The second-order valence-corrected chi connectivity index (χ2v) is 5.08. The van der Waals surface area contributed by atoms with Gasteiger partial charge in [0.25, 0.3) is 0 Å². The van der Waals surface area contributed by atoms with Gasteiger partial charge >= 0.3 is 54.6 Å². The van der Waals surface area contributed by atoms with Crippen LogP contribution in [0.5, 0.6) is 0 Å². The second-order valence-electron chi connectivity index (χ2n) is 5.08. The number of rotatable bonds is 9. The number of carbonyl (C=O) groups excluding carboxylic acids is 1. The molecule has 0 aliphatic heterocycles. The Balaban J connectivity index is 0. The third-order valence-electron chi connectivity index (χ3n) is 3.12. The molecule has 0 radical (unpaired) electrons.